The second-order valence-corrected chi connectivity index (χ2v) is 17.8. The van der Waals surface area contributed by atoms with Crippen molar-refractivity contribution in [3.8, 4) is 44.5 Å². The van der Waals surface area contributed by atoms with Crippen LogP contribution in [0.1, 0.15) is 0 Å². The largest absolute Gasteiger partial charge is 0.310 e. The van der Waals surface area contributed by atoms with E-state index in [9.17, 15) is 0 Å². The summed E-state index contributed by atoms with van der Waals surface area (Å²) >= 11 is 3.76. The van der Waals surface area contributed by atoms with Gasteiger partial charge in [-0.25, -0.2) is 0 Å². The van der Waals surface area contributed by atoms with Crippen LogP contribution in [0.4, 0.5) is 17.1 Å². The Kier molecular flexibility index (Phi) is 8.62. The SMILES string of the molecule is c1ccc(-c2ccc3c(c2)sc2cc(N(c4ccc(-c5ccc(-c6cccc7ccccc67)cc5)cc4)c4ccc(-c5ccccc5)c5sc6ccccc6c45)ccc23)cc1. The van der Waals surface area contributed by atoms with Crippen molar-refractivity contribution in [2.75, 3.05) is 4.90 Å². The Hall–Kier alpha value is -7.30. The normalized spacial score (nSPS) is 11.6. The number of anilines is 3. The van der Waals surface area contributed by atoms with Crippen molar-refractivity contribution in [2.45, 2.75) is 0 Å². The van der Waals surface area contributed by atoms with Gasteiger partial charge in [-0.3, -0.25) is 0 Å². The maximum atomic E-state index is 2.48. The van der Waals surface area contributed by atoms with Gasteiger partial charge in [-0.15, -0.1) is 22.7 Å². The summed E-state index contributed by atoms with van der Waals surface area (Å²) in [5, 5.41) is 7.68. The van der Waals surface area contributed by atoms with Crippen LogP contribution in [0, 0.1) is 0 Å². The van der Waals surface area contributed by atoms with Crippen LogP contribution in [0.15, 0.2) is 224 Å². The second-order valence-electron chi connectivity index (χ2n) is 15.6. The van der Waals surface area contributed by atoms with Crippen molar-refractivity contribution < 1.29 is 0 Å². The number of fused-ring (bicyclic) bond motifs is 7. The molecule has 0 atom stereocenters. The summed E-state index contributed by atoms with van der Waals surface area (Å²) in [6.45, 7) is 0. The van der Waals surface area contributed by atoms with Gasteiger partial charge in [0, 0.05) is 51.7 Å². The molecule has 0 saturated carbocycles. The maximum absolute atomic E-state index is 2.48. The molecular weight excluding hydrogens is 775 g/mol. The third-order valence-electron chi connectivity index (χ3n) is 12.1. The molecule has 0 aliphatic carbocycles. The van der Waals surface area contributed by atoms with Crippen molar-refractivity contribution >= 4 is 90.9 Å². The van der Waals surface area contributed by atoms with Crippen molar-refractivity contribution in [3.63, 3.8) is 0 Å². The number of hydrogen-bond donors (Lipinski definition) is 0. The minimum absolute atomic E-state index is 1.12. The van der Waals surface area contributed by atoms with E-state index in [1.54, 1.807) is 0 Å². The number of thiophene rings is 2. The molecule has 0 fully saturated rings. The molecule has 0 bridgehead atoms. The molecule has 3 heteroatoms. The average molecular weight is 812 g/mol. The molecule has 0 aliphatic rings. The summed E-state index contributed by atoms with van der Waals surface area (Å²) in [5.74, 6) is 0. The van der Waals surface area contributed by atoms with Crippen LogP contribution < -0.4 is 4.90 Å². The van der Waals surface area contributed by atoms with Crippen LogP contribution in [0.2, 0.25) is 0 Å². The molecule has 0 amide bonds. The lowest BCUT2D eigenvalue weighted by atomic mass is 9.96. The Balaban J connectivity index is 1.00. The van der Waals surface area contributed by atoms with Gasteiger partial charge in [0.25, 0.3) is 0 Å². The summed E-state index contributed by atoms with van der Waals surface area (Å²) in [4.78, 5) is 2.48. The van der Waals surface area contributed by atoms with E-state index in [4.69, 9.17) is 0 Å². The Morgan fingerprint density at radius 2 is 0.852 bits per heavy atom. The Morgan fingerprint density at radius 1 is 0.295 bits per heavy atom. The molecule has 12 aromatic rings. The fraction of sp³-hybridized carbons (Fsp3) is 0. The van der Waals surface area contributed by atoms with E-state index in [0.717, 1.165) is 11.4 Å². The standard InChI is InChI=1S/C58H37NS2/c1-3-12-38(13-4-1)44-28-32-50-51-33-31-46(37-56(51)60-55(50)36-44)59(53-35-34-49(42-14-5-2-6-15-42)58-57(53)52-19-9-10-21-54(52)61-58)45-29-26-40(27-30-45)39-22-24-43(25-23-39)48-20-11-17-41-16-7-8-18-47(41)48/h1-37H. The van der Waals surface area contributed by atoms with Crippen LogP contribution in [-0.4, -0.2) is 0 Å². The van der Waals surface area contributed by atoms with Crippen LogP contribution >= 0.6 is 22.7 Å². The van der Waals surface area contributed by atoms with Crippen LogP contribution in [0.3, 0.4) is 0 Å². The van der Waals surface area contributed by atoms with Crippen LogP contribution in [0.5, 0.6) is 0 Å². The summed E-state index contributed by atoms with van der Waals surface area (Å²) in [6.07, 6.45) is 0. The highest BCUT2D eigenvalue weighted by atomic mass is 32.1. The van der Waals surface area contributed by atoms with Crippen molar-refractivity contribution in [2.24, 2.45) is 0 Å². The van der Waals surface area contributed by atoms with Crippen LogP contribution in [0.25, 0.3) is 95.6 Å². The third kappa shape index (κ3) is 6.21. The molecule has 1 nitrogen and oxygen atoms in total. The lowest BCUT2D eigenvalue weighted by Crippen LogP contribution is -2.10. The van der Waals surface area contributed by atoms with Crippen molar-refractivity contribution in [3.05, 3.63) is 224 Å². The number of nitrogens with zero attached hydrogens (tertiary/aromatic N) is 1. The average Bonchev–Trinajstić information content (AvgIpc) is 3.91. The summed E-state index contributed by atoms with van der Waals surface area (Å²) < 4.78 is 5.17. The topological polar surface area (TPSA) is 3.24 Å². The number of hydrogen-bond acceptors (Lipinski definition) is 3. The Bertz CT molecular complexity index is 3560. The zero-order valence-corrected chi connectivity index (χ0v) is 34.8. The lowest BCUT2D eigenvalue weighted by Gasteiger charge is -2.27. The van der Waals surface area contributed by atoms with E-state index in [2.05, 4.69) is 229 Å². The van der Waals surface area contributed by atoms with E-state index in [-0.39, 0.29) is 0 Å². The Morgan fingerprint density at radius 3 is 1.64 bits per heavy atom. The predicted octanol–water partition coefficient (Wildman–Crippen LogP) is 17.7. The highest BCUT2D eigenvalue weighted by Gasteiger charge is 2.22. The van der Waals surface area contributed by atoms with Gasteiger partial charge in [0.05, 0.1) is 5.69 Å². The first kappa shape index (κ1) is 35.6. The number of benzene rings is 10. The third-order valence-corrected chi connectivity index (χ3v) is 14.4. The van der Waals surface area contributed by atoms with Gasteiger partial charge < -0.3 is 4.90 Å². The minimum atomic E-state index is 1.12. The highest BCUT2D eigenvalue weighted by Crippen LogP contribution is 2.49. The molecule has 0 spiro atoms. The van der Waals surface area contributed by atoms with E-state index < -0.39 is 0 Å². The minimum Gasteiger partial charge on any atom is -0.310 e. The first-order valence-electron chi connectivity index (χ1n) is 20.7. The number of rotatable bonds is 7. The molecule has 12 rings (SSSR count). The van der Waals surface area contributed by atoms with Gasteiger partial charge in [-0.2, -0.15) is 0 Å². The van der Waals surface area contributed by atoms with Crippen molar-refractivity contribution in [1.29, 1.82) is 0 Å². The van der Waals surface area contributed by atoms with Gasteiger partial charge >= 0.3 is 0 Å². The highest BCUT2D eigenvalue weighted by molar-refractivity contribution is 7.26. The summed E-state index contributed by atoms with van der Waals surface area (Å²) in [6, 6.07) is 82.3. The molecule has 0 N–H and O–H groups in total. The Labute approximate surface area is 362 Å². The molecule has 0 saturated heterocycles. The predicted molar refractivity (Wildman–Crippen MR) is 266 cm³/mol. The second kappa shape index (κ2) is 14.8. The molecular formula is C58H37NS2. The van der Waals surface area contributed by atoms with Gasteiger partial charge in [0.1, 0.15) is 0 Å². The molecule has 286 valence electrons. The van der Waals surface area contributed by atoms with E-state index in [1.807, 2.05) is 22.7 Å². The fourth-order valence-corrected chi connectivity index (χ4v) is 11.5. The van der Waals surface area contributed by atoms with Gasteiger partial charge in [-0.05, 0) is 97.7 Å². The molecule has 0 radical (unpaired) electrons. The zero-order chi connectivity index (χ0) is 40.3. The van der Waals surface area contributed by atoms with E-state index in [0.29, 0.717) is 0 Å². The van der Waals surface area contributed by atoms with Gasteiger partial charge in [-0.1, -0.05) is 182 Å². The molecule has 2 heterocycles. The van der Waals surface area contributed by atoms with E-state index >= 15 is 0 Å². The first-order valence-corrected chi connectivity index (χ1v) is 22.4. The monoisotopic (exact) mass is 811 g/mol. The lowest BCUT2D eigenvalue weighted by molar-refractivity contribution is 1.31. The molecule has 10 aromatic carbocycles. The smallest absolute Gasteiger partial charge is 0.0555 e. The molecule has 0 unspecified atom stereocenters. The van der Waals surface area contributed by atoms with Crippen molar-refractivity contribution in [1.82, 2.24) is 0 Å². The van der Waals surface area contributed by atoms with Crippen LogP contribution in [-0.2, 0) is 0 Å². The quantitative estimate of drug-likeness (QED) is 0.155. The zero-order valence-electron chi connectivity index (χ0n) is 33.1. The first-order chi connectivity index (χ1) is 30.2. The van der Waals surface area contributed by atoms with Gasteiger partial charge in [0.2, 0.25) is 0 Å². The summed E-state index contributed by atoms with van der Waals surface area (Å²) in [7, 11) is 0. The van der Waals surface area contributed by atoms with Gasteiger partial charge in [0.15, 0.2) is 0 Å². The maximum Gasteiger partial charge on any atom is 0.0555 e. The van der Waals surface area contributed by atoms with E-state index in [1.165, 1.54) is 101 Å². The fourth-order valence-electron chi connectivity index (χ4n) is 9.11. The molecule has 0 aliphatic heterocycles. The molecule has 2 aromatic heterocycles. The summed E-state index contributed by atoms with van der Waals surface area (Å²) in [5.41, 5.74) is 13.3. The molecule has 61 heavy (non-hydrogen) atoms.